The highest BCUT2D eigenvalue weighted by molar-refractivity contribution is 5.85. The third-order valence-electron chi connectivity index (χ3n) is 3.94. The summed E-state index contributed by atoms with van der Waals surface area (Å²) in [5.74, 6) is 0.395. The van der Waals surface area contributed by atoms with E-state index in [0.717, 1.165) is 44.6 Å². The van der Waals surface area contributed by atoms with E-state index in [1.807, 2.05) is 11.6 Å². The summed E-state index contributed by atoms with van der Waals surface area (Å²) in [6.07, 6.45) is 2.82. The molecule has 0 spiro atoms. The molecule has 1 saturated heterocycles. The Labute approximate surface area is 133 Å². The van der Waals surface area contributed by atoms with Gasteiger partial charge >= 0.3 is 0 Å². The number of rotatable bonds is 5. The van der Waals surface area contributed by atoms with Crippen LogP contribution in [-0.4, -0.2) is 34.8 Å². The van der Waals surface area contributed by atoms with E-state index >= 15 is 0 Å². The molecule has 2 atom stereocenters. The summed E-state index contributed by atoms with van der Waals surface area (Å²) < 4.78 is 2.01. The maximum absolute atomic E-state index is 12.1. The molecule has 1 aliphatic heterocycles. The van der Waals surface area contributed by atoms with Gasteiger partial charge in [0.05, 0.1) is 5.69 Å². The minimum atomic E-state index is 0. The Morgan fingerprint density at radius 1 is 1.52 bits per heavy atom. The van der Waals surface area contributed by atoms with Crippen LogP contribution >= 0.6 is 12.4 Å². The number of aromatic nitrogens is 2. The van der Waals surface area contributed by atoms with Gasteiger partial charge in [0.2, 0.25) is 5.91 Å². The number of nitrogens with one attached hydrogen (secondary N) is 2. The fourth-order valence-corrected chi connectivity index (χ4v) is 2.86. The van der Waals surface area contributed by atoms with Crippen LogP contribution in [0.25, 0.3) is 0 Å². The molecule has 0 aromatic carbocycles. The fourth-order valence-electron chi connectivity index (χ4n) is 2.86. The molecule has 2 rings (SSSR count). The molecule has 21 heavy (non-hydrogen) atoms. The summed E-state index contributed by atoms with van der Waals surface area (Å²) in [7, 11) is 0. The van der Waals surface area contributed by atoms with Gasteiger partial charge in [-0.25, -0.2) is 0 Å². The van der Waals surface area contributed by atoms with E-state index in [-0.39, 0.29) is 24.2 Å². The smallest absolute Gasteiger partial charge is 0.223 e. The summed E-state index contributed by atoms with van der Waals surface area (Å²) in [5.41, 5.74) is 2.23. The Bertz CT molecular complexity index is 461. The fraction of sp³-hybridized carbons (Fsp3) is 0.733. The molecule has 6 heteroatoms. The molecule has 1 aromatic heterocycles. The zero-order valence-corrected chi connectivity index (χ0v) is 14.0. The van der Waals surface area contributed by atoms with Crippen LogP contribution in [0.5, 0.6) is 0 Å². The first-order chi connectivity index (χ1) is 9.56. The van der Waals surface area contributed by atoms with Gasteiger partial charge in [0, 0.05) is 30.7 Å². The van der Waals surface area contributed by atoms with Gasteiger partial charge in [-0.3, -0.25) is 9.48 Å². The lowest BCUT2D eigenvalue weighted by atomic mass is 9.92. The van der Waals surface area contributed by atoms with E-state index in [2.05, 4.69) is 35.6 Å². The van der Waals surface area contributed by atoms with Gasteiger partial charge in [0.15, 0.2) is 0 Å². The molecule has 1 aliphatic rings. The predicted molar refractivity (Wildman–Crippen MR) is 86.8 cm³/mol. The summed E-state index contributed by atoms with van der Waals surface area (Å²) >= 11 is 0. The molecular formula is C15H27ClN4O. The molecule has 1 fully saturated rings. The molecule has 5 nitrogen and oxygen atoms in total. The molecule has 2 N–H and O–H groups in total. The van der Waals surface area contributed by atoms with Crippen molar-refractivity contribution in [3.63, 3.8) is 0 Å². The Kier molecular flexibility index (Phi) is 7.18. The highest BCUT2D eigenvalue weighted by atomic mass is 35.5. The van der Waals surface area contributed by atoms with Crippen molar-refractivity contribution in [3.8, 4) is 0 Å². The molecular weight excluding hydrogens is 288 g/mol. The van der Waals surface area contributed by atoms with Crippen molar-refractivity contribution in [2.45, 2.75) is 52.6 Å². The van der Waals surface area contributed by atoms with Gasteiger partial charge in [0.1, 0.15) is 0 Å². The molecule has 0 saturated carbocycles. The largest absolute Gasteiger partial charge is 0.356 e. The van der Waals surface area contributed by atoms with Crippen LogP contribution in [0.1, 0.15) is 37.6 Å². The second-order valence-corrected chi connectivity index (χ2v) is 5.87. The minimum Gasteiger partial charge on any atom is -0.356 e. The minimum absolute atomic E-state index is 0. The highest BCUT2D eigenvalue weighted by Crippen LogP contribution is 2.15. The Morgan fingerprint density at radius 2 is 2.29 bits per heavy atom. The molecule has 1 amide bonds. The summed E-state index contributed by atoms with van der Waals surface area (Å²) in [6, 6.07) is 2.53. The summed E-state index contributed by atoms with van der Waals surface area (Å²) in [5, 5.41) is 10.9. The van der Waals surface area contributed by atoms with E-state index in [4.69, 9.17) is 0 Å². The van der Waals surface area contributed by atoms with E-state index in [1.165, 1.54) is 5.69 Å². The average molecular weight is 315 g/mol. The topological polar surface area (TPSA) is 59.0 Å². The van der Waals surface area contributed by atoms with Crippen molar-refractivity contribution in [1.29, 1.82) is 0 Å². The van der Waals surface area contributed by atoms with E-state index in [1.54, 1.807) is 0 Å². The van der Waals surface area contributed by atoms with Crippen molar-refractivity contribution in [1.82, 2.24) is 20.4 Å². The first-order valence-corrected chi connectivity index (χ1v) is 7.58. The zero-order valence-electron chi connectivity index (χ0n) is 13.2. The maximum Gasteiger partial charge on any atom is 0.223 e. The number of halogens is 1. The normalized spacial score (nSPS) is 21.7. The van der Waals surface area contributed by atoms with Crippen LogP contribution in [0.3, 0.4) is 0 Å². The van der Waals surface area contributed by atoms with Crippen LogP contribution in [0, 0.1) is 19.8 Å². The zero-order chi connectivity index (χ0) is 14.5. The number of hydrogen-bond acceptors (Lipinski definition) is 3. The Balaban J connectivity index is 0.00000220. The lowest BCUT2D eigenvalue weighted by Crippen LogP contribution is -2.42. The van der Waals surface area contributed by atoms with Crippen LogP contribution < -0.4 is 10.6 Å². The van der Waals surface area contributed by atoms with E-state index in [0.29, 0.717) is 6.04 Å². The Morgan fingerprint density at radius 3 is 2.90 bits per heavy atom. The van der Waals surface area contributed by atoms with Crippen molar-refractivity contribution >= 4 is 18.3 Å². The molecule has 0 aliphatic carbocycles. The SMILES string of the molecule is Cc1cc(C)n(CCCNC(=O)[C@H]2CCN[C@@H](C)C2)n1.Cl. The molecule has 0 radical (unpaired) electrons. The van der Waals surface area contributed by atoms with Gasteiger partial charge < -0.3 is 10.6 Å². The highest BCUT2D eigenvalue weighted by Gasteiger charge is 2.24. The van der Waals surface area contributed by atoms with Crippen molar-refractivity contribution in [2.75, 3.05) is 13.1 Å². The first kappa shape index (κ1) is 18.0. The maximum atomic E-state index is 12.1. The second-order valence-electron chi connectivity index (χ2n) is 5.87. The molecule has 2 heterocycles. The van der Waals surface area contributed by atoms with Crippen molar-refractivity contribution in [2.24, 2.45) is 5.92 Å². The van der Waals surface area contributed by atoms with E-state index in [9.17, 15) is 4.79 Å². The molecule has 1 aromatic rings. The molecule has 0 unspecified atom stereocenters. The number of hydrogen-bond donors (Lipinski definition) is 2. The number of aryl methyl sites for hydroxylation is 3. The standard InChI is InChI=1S/C15H26N4O.ClH/c1-11-10-14(5-7-16-11)15(20)17-6-4-8-19-13(3)9-12(2)18-19;/h9,11,14,16H,4-8,10H2,1-3H3,(H,17,20);1H/t11-,14-;/m0./s1. The number of piperidine rings is 1. The number of carbonyl (C=O) groups is 1. The van der Waals surface area contributed by atoms with Gasteiger partial charge in [-0.05, 0) is 52.6 Å². The monoisotopic (exact) mass is 314 g/mol. The van der Waals surface area contributed by atoms with Crippen LogP contribution in [0.2, 0.25) is 0 Å². The lowest BCUT2D eigenvalue weighted by molar-refractivity contribution is -0.126. The van der Waals surface area contributed by atoms with Crippen molar-refractivity contribution < 1.29 is 4.79 Å². The predicted octanol–water partition coefficient (Wildman–Crippen LogP) is 1.82. The third kappa shape index (κ3) is 5.32. The molecule has 120 valence electrons. The van der Waals surface area contributed by atoms with E-state index < -0.39 is 0 Å². The average Bonchev–Trinajstić information content (AvgIpc) is 2.73. The van der Waals surface area contributed by atoms with Crippen LogP contribution in [0.4, 0.5) is 0 Å². The second kappa shape index (κ2) is 8.39. The van der Waals surface area contributed by atoms with Crippen LogP contribution in [-0.2, 0) is 11.3 Å². The Hall–Kier alpha value is -1.07. The third-order valence-corrected chi connectivity index (χ3v) is 3.94. The van der Waals surface area contributed by atoms with Crippen LogP contribution in [0.15, 0.2) is 6.07 Å². The van der Waals surface area contributed by atoms with Crippen molar-refractivity contribution in [3.05, 3.63) is 17.5 Å². The molecule has 0 bridgehead atoms. The van der Waals surface area contributed by atoms with Gasteiger partial charge in [-0.1, -0.05) is 0 Å². The van der Waals surface area contributed by atoms with Gasteiger partial charge in [0.25, 0.3) is 0 Å². The summed E-state index contributed by atoms with van der Waals surface area (Å²) in [4.78, 5) is 12.1. The number of amides is 1. The number of nitrogens with zero attached hydrogens (tertiary/aromatic N) is 2. The summed E-state index contributed by atoms with van der Waals surface area (Å²) in [6.45, 7) is 8.75. The van der Waals surface area contributed by atoms with Gasteiger partial charge in [-0.2, -0.15) is 5.10 Å². The first-order valence-electron chi connectivity index (χ1n) is 7.58. The number of carbonyl (C=O) groups excluding carboxylic acids is 1. The van der Waals surface area contributed by atoms with Gasteiger partial charge in [-0.15, -0.1) is 12.4 Å². The lowest BCUT2D eigenvalue weighted by Gasteiger charge is -2.27. The quantitative estimate of drug-likeness (QED) is 0.815.